The number of nitrogens with one attached hydrogen (secondary N) is 2. The van der Waals surface area contributed by atoms with Gasteiger partial charge in [0.1, 0.15) is 16.4 Å². The molecule has 0 radical (unpaired) electrons. The smallest absolute Gasteiger partial charge is 0.244 e. The van der Waals surface area contributed by atoms with Crippen LogP contribution in [0, 0.1) is 6.92 Å². The Morgan fingerprint density at radius 1 is 1.38 bits per heavy atom. The SMILES string of the molecule is CCC1(NS(=O)(=O)c2cc(CNC(C)C)oc2C)CCC1. The van der Waals surface area contributed by atoms with E-state index in [0.29, 0.717) is 24.1 Å². The number of hydrogen-bond donors (Lipinski definition) is 2. The Hall–Kier alpha value is -0.850. The van der Waals surface area contributed by atoms with Crippen LogP contribution in [0.15, 0.2) is 15.4 Å². The van der Waals surface area contributed by atoms with Gasteiger partial charge < -0.3 is 9.73 Å². The van der Waals surface area contributed by atoms with Crippen molar-refractivity contribution in [1.29, 1.82) is 0 Å². The van der Waals surface area contributed by atoms with Gasteiger partial charge in [-0.3, -0.25) is 0 Å². The third-order valence-corrected chi connectivity index (χ3v) is 5.92. The zero-order valence-electron chi connectivity index (χ0n) is 13.3. The van der Waals surface area contributed by atoms with E-state index in [1.807, 2.05) is 20.8 Å². The van der Waals surface area contributed by atoms with Crippen molar-refractivity contribution in [3.63, 3.8) is 0 Å². The molecule has 0 bridgehead atoms. The van der Waals surface area contributed by atoms with E-state index in [9.17, 15) is 8.42 Å². The predicted molar refractivity (Wildman–Crippen MR) is 82.6 cm³/mol. The summed E-state index contributed by atoms with van der Waals surface area (Å²) in [6.07, 6.45) is 3.75. The van der Waals surface area contributed by atoms with Crippen molar-refractivity contribution >= 4 is 10.0 Å². The summed E-state index contributed by atoms with van der Waals surface area (Å²) in [6.45, 7) is 8.34. The Labute approximate surface area is 127 Å². The van der Waals surface area contributed by atoms with Crippen LogP contribution in [-0.4, -0.2) is 20.0 Å². The maximum Gasteiger partial charge on any atom is 0.244 e. The highest BCUT2D eigenvalue weighted by molar-refractivity contribution is 7.89. The van der Waals surface area contributed by atoms with E-state index in [4.69, 9.17) is 4.42 Å². The summed E-state index contributed by atoms with van der Waals surface area (Å²) in [5.74, 6) is 1.11. The summed E-state index contributed by atoms with van der Waals surface area (Å²) in [5, 5.41) is 3.23. The Balaban J connectivity index is 2.16. The fraction of sp³-hybridized carbons (Fsp3) is 0.733. The second-order valence-corrected chi connectivity index (χ2v) is 7.91. The monoisotopic (exact) mass is 314 g/mol. The Bertz CT molecular complexity index is 581. The Kier molecular flexibility index (Phi) is 4.80. The van der Waals surface area contributed by atoms with Gasteiger partial charge in [0.2, 0.25) is 10.0 Å². The lowest BCUT2D eigenvalue weighted by molar-refractivity contribution is 0.213. The zero-order chi connectivity index (χ0) is 15.7. The highest BCUT2D eigenvalue weighted by Gasteiger charge is 2.39. The molecular formula is C15H26N2O3S. The largest absolute Gasteiger partial charge is 0.464 e. The molecule has 5 nitrogen and oxygen atoms in total. The van der Waals surface area contributed by atoms with Crippen LogP contribution in [0.5, 0.6) is 0 Å². The fourth-order valence-electron chi connectivity index (χ4n) is 2.65. The highest BCUT2D eigenvalue weighted by atomic mass is 32.2. The first-order chi connectivity index (χ1) is 9.78. The molecule has 6 heteroatoms. The molecule has 1 fully saturated rings. The standard InChI is InChI=1S/C15H26N2O3S/c1-5-15(7-6-8-15)17-21(18,19)14-9-13(20-12(14)4)10-16-11(2)3/h9,11,16-17H,5-8,10H2,1-4H3. The fourth-order valence-corrected chi connectivity index (χ4v) is 4.39. The highest BCUT2D eigenvalue weighted by Crippen LogP contribution is 2.36. The minimum Gasteiger partial charge on any atom is -0.464 e. The summed E-state index contributed by atoms with van der Waals surface area (Å²) >= 11 is 0. The van der Waals surface area contributed by atoms with E-state index in [0.717, 1.165) is 25.7 Å². The molecule has 0 aliphatic heterocycles. The van der Waals surface area contributed by atoms with Crippen LogP contribution in [0.25, 0.3) is 0 Å². The molecule has 1 aliphatic rings. The van der Waals surface area contributed by atoms with Crippen molar-refractivity contribution in [2.45, 2.75) is 76.4 Å². The maximum absolute atomic E-state index is 12.6. The first-order valence-corrected chi connectivity index (χ1v) is 9.13. The van der Waals surface area contributed by atoms with Gasteiger partial charge in [0, 0.05) is 17.6 Å². The van der Waals surface area contributed by atoms with Crippen LogP contribution in [0.1, 0.15) is 58.0 Å². The van der Waals surface area contributed by atoms with Crippen LogP contribution >= 0.6 is 0 Å². The molecule has 21 heavy (non-hydrogen) atoms. The van der Waals surface area contributed by atoms with Crippen molar-refractivity contribution < 1.29 is 12.8 Å². The summed E-state index contributed by atoms with van der Waals surface area (Å²) in [4.78, 5) is 0.266. The summed E-state index contributed by atoms with van der Waals surface area (Å²) in [5.41, 5.74) is -0.251. The van der Waals surface area contributed by atoms with E-state index in [2.05, 4.69) is 10.0 Å². The van der Waals surface area contributed by atoms with Crippen LogP contribution in [0.2, 0.25) is 0 Å². The lowest BCUT2D eigenvalue weighted by Crippen LogP contribution is -2.52. The van der Waals surface area contributed by atoms with Gasteiger partial charge in [0.25, 0.3) is 0 Å². The van der Waals surface area contributed by atoms with Gasteiger partial charge in [-0.15, -0.1) is 0 Å². The lowest BCUT2D eigenvalue weighted by atomic mass is 9.76. The van der Waals surface area contributed by atoms with Crippen molar-refractivity contribution in [2.24, 2.45) is 0 Å². The lowest BCUT2D eigenvalue weighted by Gasteiger charge is -2.41. The van der Waals surface area contributed by atoms with Gasteiger partial charge in [-0.2, -0.15) is 0 Å². The van der Waals surface area contributed by atoms with Gasteiger partial charge in [-0.1, -0.05) is 20.8 Å². The molecule has 0 unspecified atom stereocenters. The Morgan fingerprint density at radius 3 is 2.52 bits per heavy atom. The minimum absolute atomic E-state index is 0.251. The molecule has 0 spiro atoms. The molecule has 0 saturated heterocycles. The zero-order valence-corrected chi connectivity index (χ0v) is 14.1. The molecule has 1 aliphatic carbocycles. The second kappa shape index (κ2) is 6.10. The summed E-state index contributed by atoms with van der Waals surface area (Å²) in [7, 11) is -3.51. The molecular weight excluding hydrogens is 288 g/mol. The van der Waals surface area contributed by atoms with Gasteiger partial charge in [-0.05, 0) is 32.6 Å². The van der Waals surface area contributed by atoms with Crippen LogP contribution in [0.3, 0.4) is 0 Å². The van der Waals surface area contributed by atoms with E-state index in [-0.39, 0.29) is 10.4 Å². The van der Waals surface area contributed by atoms with E-state index >= 15 is 0 Å². The molecule has 1 aromatic heterocycles. The maximum atomic E-state index is 12.6. The first-order valence-electron chi connectivity index (χ1n) is 7.65. The Morgan fingerprint density at radius 2 is 2.05 bits per heavy atom. The van der Waals surface area contributed by atoms with E-state index < -0.39 is 10.0 Å². The molecule has 0 atom stereocenters. The van der Waals surface area contributed by atoms with Gasteiger partial charge in [0.05, 0.1) is 6.54 Å². The second-order valence-electron chi connectivity index (χ2n) is 6.26. The minimum atomic E-state index is -3.51. The molecule has 1 aromatic rings. The number of aryl methyl sites for hydroxylation is 1. The average Bonchev–Trinajstić information content (AvgIpc) is 2.74. The van der Waals surface area contributed by atoms with Crippen LogP contribution in [-0.2, 0) is 16.6 Å². The summed E-state index contributed by atoms with van der Waals surface area (Å²) < 4.78 is 33.6. The quantitative estimate of drug-likeness (QED) is 0.812. The number of sulfonamides is 1. The van der Waals surface area contributed by atoms with Gasteiger partial charge in [0.15, 0.2) is 0 Å². The number of hydrogen-bond acceptors (Lipinski definition) is 4. The van der Waals surface area contributed by atoms with E-state index in [1.54, 1.807) is 13.0 Å². The molecule has 0 amide bonds. The molecule has 120 valence electrons. The molecule has 2 rings (SSSR count). The molecule has 2 N–H and O–H groups in total. The topological polar surface area (TPSA) is 71.3 Å². The summed E-state index contributed by atoms with van der Waals surface area (Å²) in [6, 6.07) is 1.96. The van der Waals surface area contributed by atoms with Crippen LogP contribution in [0.4, 0.5) is 0 Å². The van der Waals surface area contributed by atoms with Gasteiger partial charge in [-0.25, -0.2) is 13.1 Å². The number of rotatable bonds is 7. The van der Waals surface area contributed by atoms with Crippen molar-refractivity contribution in [3.8, 4) is 0 Å². The molecule has 1 saturated carbocycles. The normalized spacial score (nSPS) is 18.0. The van der Waals surface area contributed by atoms with Gasteiger partial charge >= 0.3 is 0 Å². The predicted octanol–water partition coefficient (Wildman–Crippen LogP) is 2.70. The van der Waals surface area contributed by atoms with Crippen molar-refractivity contribution in [2.75, 3.05) is 0 Å². The first kappa shape index (κ1) is 16.5. The van der Waals surface area contributed by atoms with E-state index in [1.165, 1.54) is 0 Å². The molecule has 0 aromatic carbocycles. The van der Waals surface area contributed by atoms with Crippen molar-refractivity contribution in [3.05, 3.63) is 17.6 Å². The van der Waals surface area contributed by atoms with Crippen molar-refractivity contribution in [1.82, 2.24) is 10.0 Å². The number of furan rings is 1. The molecule has 1 heterocycles. The third-order valence-electron chi connectivity index (χ3n) is 4.24. The third kappa shape index (κ3) is 3.67. The average molecular weight is 314 g/mol. The van der Waals surface area contributed by atoms with Crippen LogP contribution < -0.4 is 10.0 Å².